The average Bonchev–Trinajstić information content (AvgIpc) is 3.11. The number of esters is 1. The summed E-state index contributed by atoms with van der Waals surface area (Å²) in [5.74, 6) is 0.584. The minimum absolute atomic E-state index is 0.206. The van der Waals surface area contributed by atoms with Gasteiger partial charge in [-0.25, -0.2) is 0 Å². The molecule has 5 nitrogen and oxygen atoms in total. The van der Waals surface area contributed by atoms with E-state index in [4.69, 9.17) is 13.9 Å². The van der Waals surface area contributed by atoms with E-state index in [1.165, 1.54) is 39.2 Å². The van der Waals surface area contributed by atoms with Crippen molar-refractivity contribution in [1.82, 2.24) is 5.32 Å². The first kappa shape index (κ1) is 18.8. The molecule has 1 fully saturated rings. The quantitative estimate of drug-likeness (QED) is 0.479. The Morgan fingerprint density at radius 1 is 1.14 bits per heavy atom. The van der Waals surface area contributed by atoms with Gasteiger partial charge in [-0.3, -0.25) is 4.79 Å². The molecule has 28 heavy (non-hydrogen) atoms. The van der Waals surface area contributed by atoms with Crippen LogP contribution < -0.4 is 10.1 Å². The maximum absolute atomic E-state index is 11.6. The minimum atomic E-state index is -0.273. The van der Waals surface area contributed by atoms with Gasteiger partial charge in [-0.05, 0) is 47.9 Å². The molecule has 1 aliphatic carbocycles. The maximum atomic E-state index is 11.6. The number of rotatable bonds is 7. The lowest BCUT2D eigenvalue weighted by Crippen LogP contribution is -2.34. The van der Waals surface area contributed by atoms with Crippen LogP contribution >= 0.6 is 0 Å². The predicted octanol–water partition coefficient (Wildman–Crippen LogP) is 4.60. The lowest BCUT2D eigenvalue weighted by atomic mass is 9.96. The number of benzene rings is 2. The van der Waals surface area contributed by atoms with Crippen molar-refractivity contribution in [2.45, 2.75) is 44.6 Å². The Bertz CT molecular complexity index is 956. The first-order valence-electron chi connectivity index (χ1n) is 10.1. The van der Waals surface area contributed by atoms with Gasteiger partial charge in [0.05, 0.1) is 19.8 Å². The van der Waals surface area contributed by atoms with Crippen LogP contribution in [0.1, 0.15) is 37.7 Å². The molecule has 0 saturated heterocycles. The number of carbonyl (C=O) groups is 1. The summed E-state index contributed by atoms with van der Waals surface area (Å²) in [5, 5.41) is 6.69. The summed E-state index contributed by atoms with van der Waals surface area (Å²) < 4.78 is 16.3. The molecular weight excluding hydrogens is 354 g/mol. The van der Waals surface area contributed by atoms with Gasteiger partial charge in [-0.15, -0.1) is 0 Å². The zero-order valence-corrected chi connectivity index (χ0v) is 16.3. The number of fused-ring (bicyclic) bond motifs is 2. The van der Waals surface area contributed by atoms with E-state index in [9.17, 15) is 4.79 Å². The van der Waals surface area contributed by atoms with Crippen LogP contribution in [-0.2, 0) is 16.0 Å². The Kier molecular flexibility index (Phi) is 5.81. The Balaban J connectivity index is 1.43. The number of carbonyl (C=O) groups excluding carboxylic acids is 1. The van der Waals surface area contributed by atoms with Crippen molar-refractivity contribution in [3.8, 4) is 5.75 Å². The highest BCUT2D eigenvalue weighted by Crippen LogP contribution is 2.29. The molecule has 0 amide bonds. The minimum Gasteiger partial charge on any atom is -0.492 e. The fourth-order valence-electron chi connectivity index (χ4n) is 3.99. The number of methoxy groups -OCH3 is 1. The molecule has 4 rings (SSSR count). The maximum Gasteiger partial charge on any atom is 0.310 e. The second-order valence-corrected chi connectivity index (χ2v) is 7.51. The predicted molar refractivity (Wildman–Crippen MR) is 110 cm³/mol. The Labute approximate surface area is 165 Å². The van der Waals surface area contributed by atoms with Crippen LogP contribution in [0, 0.1) is 0 Å². The van der Waals surface area contributed by atoms with Crippen molar-refractivity contribution < 1.29 is 18.7 Å². The van der Waals surface area contributed by atoms with Crippen LogP contribution in [0.25, 0.3) is 21.7 Å². The number of nitrogens with one attached hydrogen (secondary N) is 1. The molecule has 0 radical (unpaired) electrons. The molecule has 1 saturated carbocycles. The smallest absolute Gasteiger partial charge is 0.310 e. The average molecular weight is 381 g/mol. The van der Waals surface area contributed by atoms with Gasteiger partial charge < -0.3 is 19.2 Å². The molecule has 1 aromatic heterocycles. The van der Waals surface area contributed by atoms with Crippen molar-refractivity contribution in [3.63, 3.8) is 0 Å². The molecule has 0 unspecified atom stereocenters. The molecule has 1 heterocycles. The summed E-state index contributed by atoms with van der Waals surface area (Å²) >= 11 is 0. The molecule has 148 valence electrons. The molecule has 3 aromatic rings. The van der Waals surface area contributed by atoms with E-state index in [1.54, 1.807) is 6.26 Å². The summed E-state index contributed by atoms with van der Waals surface area (Å²) in [5.41, 5.74) is 1.61. The van der Waals surface area contributed by atoms with E-state index in [1.807, 2.05) is 24.3 Å². The Morgan fingerprint density at radius 2 is 2.00 bits per heavy atom. The van der Waals surface area contributed by atoms with Gasteiger partial charge in [0.1, 0.15) is 17.9 Å². The van der Waals surface area contributed by atoms with E-state index in [2.05, 4.69) is 11.4 Å². The Morgan fingerprint density at radius 3 is 2.82 bits per heavy atom. The monoisotopic (exact) mass is 381 g/mol. The van der Waals surface area contributed by atoms with Gasteiger partial charge in [-0.1, -0.05) is 25.3 Å². The van der Waals surface area contributed by atoms with E-state index in [0.29, 0.717) is 12.6 Å². The molecular formula is C23H27NO4. The highest BCUT2D eigenvalue weighted by atomic mass is 16.5. The summed E-state index contributed by atoms with van der Waals surface area (Å²) in [6, 6.07) is 10.8. The zero-order valence-electron chi connectivity index (χ0n) is 16.3. The summed E-state index contributed by atoms with van der Waals surface area (Å²) in [6.07, 6.45) is 8.45. The van der Waals surface area contributed by atoms with Crippen molar-refractivity contribution >= 4 is 27.7 Å². The van der Waals surface area contributed by atoms with Gasteiger partial charge in [0.2, 0.25) is 0 Å². The van der Waals surface area contributed by atoms with Gasteiger partial charge in [0.25, 0.3) is 0 Å². The first-order valence-corrected chi connectivity index (χ1v) is 10.1. The van der Waals surface area contributed by atoms with E-state index >= 15 is 0 Å². The molecule has 0 atom stereocenters. The highest BCUT2D eigenvalue weighted by molar-refractivity contribution is 5.98. The third-order valence-corrected chi connectivity index (χ3v) is 5.56. The molecule has 0 spiro atoms. The molecule has 5 heteroatoms. The van der Waals surface area contributed by atoms with Gasteiger partial charge in [0, 0.05) is 23.5 Å². The van der Waals surface area contributed by atoms with Crippen LogP contribution in [-0.4, -0.2) is 32.3 Å². The van der Waals surface area contributed by atoms with Crippen molar-refractivity contribution in [2.75, 3.05) is 20.3 Å². The topological polar surface area (TPSA) is 60.7 Å². The van der Waals surface area contributed by atoms with Crippen LogP contribution in [0.15, 0.2) is 41.0 Å². The second kappa shape index (κ2) is 8.65. The fraction of sp³-hybridized carbons (Fsp3) is 0.435. The zero-order chi connectivity index (χ0) is 19.3. The van der Waals surface area contributed by atoms with Crippen molar-refractivity contribution in [3.05, 3.63) is 42.2 Å². The van der Waals surface area contributed by atoms with Crippen LogP contribution in [0.3, 0.4) is 0 Å². The largest absolute Gasteiger partial charge is 0.492 e. The second-order valence-electron chi connectivity index (χ2n) is 7.51. The van der Waals surface area contributed by atoms with E-state index < -0.39 is 0 Å². The molecule has 2 aromatic carbocycles. The highest BCUT2D eigenvalue weighted by Gasteiger charge is 2.13. The van der Waals surface area contributed by atoms with Gasteiger partial charge >= 0.3 is 5.97 Å². The fourth-order valence-corrected chi connectivity index (χ4v) is 3.99. The number of hydrogen-bond acceptors (Lipinski definition) is 5. The first-order chi connectivity index (χ1) is 13.7. The van der Waals surface area contributed by atoms with E-state index in [-0.39, 0.29) is 12.4 Å². The summed E-state index contributed by atoms with van der Waals surface area (Å²) in [6.45, 7) is 1.52. The third-order valence-electron chi connectivity index (χ3n) is 5.56. The number of ether oxygens (including phenoxy) is 2. The number of hydrogen-bond donors (Lipinski definition) is 1. The lowest BCUT2D eigenvalue weighted by Gasteiger charge is -2.22. The molecule has 1 N–H and O–H groups in total. The number of furan rings is 1. The van der Waals surface area contributed by atoms with Crippen LogP contribution in [0.2, 0.25) is 0 Å². The van der Waals surface area contributed by atoms with Crippen molar-refractivity contribution in [1.29, 1.82) is 0 Å². The summed E-state index contributed by atoms with van der Waals surface area (Å²) in [7, 11) is 1.40. The normalized spacial score (nSPS) is 15.2. The lowest BCUT2D eigenvalue weighted by molar-refractivity contribution is -0.139. The van der Waals surface area contributed by atoms with Gasteiger partial charge in [0.15, 0.2) is 0 Å². The van der Waals surface area contributed by atoms with Crippen LogP contribution in [0.5, 0.6) is 5.75 Å². The molecule has 1 aliphatic rings. The SMILES string of the molecule is COC(=O)Cc1coc2cc3ccc(OCCNC4CCCCC4)cc3cc12. The van der Waals surface area contributed by atoms with E-state index in [0.717, 1.165) is 39.6 Å². The Hall–Kier alpha value is -2.53. The van der Waals surface area contributed by atoms with Gasteiger partial charge in [-0.2, -0.15) is 0 Å². The van der Waals surface area contributed by atoms with Crippen molar-refractivity contribution in [2.24, 2.45) is 0 Å². The molecule has 0 aliphatic heterocycles. The standard InChI is InChI=1S/C23H27NO4/c1-26-23(25)14-18-15-28-22-13-16-7-8-20(11-17(16)12-21(18)22)27-10-9-24-19-5-3-2-4-6-19/h7-8,11-13,15,19,24H,2-6,9-10,14H2,1H3. The third kappa shape index (κ3) is 4.30. The van der Waals surface area contributed by atoms with Crippen LogP contribution in [0.4, 0.5) is 0 Å². The molecule has 0 bridgehead atoms. The summed E-state index contributed by atoms with van der Waals surface area (Å²) in [4.78, 5) is 11.6.